The van der Waals surface area contributed by atoms with Gasteiger partial charge in [-0.1, -0.05) is 94.7 Å². The molecule has 0 aromatic heterocycles. The van der Waals surface area contributed by atoms with Crippen molar-refractivity contribution in [2.24, 2.45) is 0 Å². The van der Waals surface area contributed by atoms with E-state index < -0.39 is 60.8 Å². The summed E-state index contributed by atoms with van der Waals surface area (Å²) in [6, 6.07) is 7.85. The van der Waals surface area contributed by atoms with E-state index in [0.717, 1.165) is 31.2 Å². The minimum atomic E-state index is -2.24. The van der Waals surface area contributed by atoms with Crippen molar-refractivity contribution < 1.29 is 47.5 Å². The number of alkyl halides is 1. The van der Waals surface area contributed by atoms with E-state index in [4.69, 9.17) is 28.4 Å². The summed E-state index contributed by atoms with van der Waals surface area (Å²) in [4.78, 5) is 25.9. The van der Waals surface area contributed by atoms with Crippen LogP contribution in [0.15, 0.2) is 43.0 Å². The lowest BCUT2D eigenvalue weighted by Crippen LogP contribution is -2.69. The number of hydrogen-bond acceptors (Lipinski definition) is 9. The van der Waals surface area contributed by atoms with Crippen LogP contribution in [0.25, 0.3) is 0 Å². The third-order valence-electron chi connectivity index (χ3n) is 7.99. The van der Waals surface area contributed by atoms with Crippen LogP contribution >= 0.6 is 0 Å². The molecule has 10 nitrogen and oxygen atoms in total. The summed E-state index contributed by atoms with van der Waals surface area (Å²) >= 11 is 0. The number of halogens is 1. The molecule has 11 heteroatoms. The first-order valence-electron chi connectivity index (χ1n) is 16.3. The molecule has 1 aromatic carbocycles. The van der Waals surface area contributed by atoms with E-state index in [9.17, 15) is 14.7 Å². The number of rotatable bonds is 19. The van der Waals surface area contributed by atoms with Crippen LogP contribution in [0.4, 0.5) is 9.18 Å². The molecule has 3 rings (SSSR count). The number of ether oxygens (including phenoxy) is 6. The van der Waals surface area contributed by atoms with Gasteiger partial charge in [0.15, 0.2) is 12.1 Å². The van der Waals surface area contributed by atoms with Gasteiger partial charge in [0.2, 0.25) is 6.17 Å². The maximum absolute atomic E-state index is 15.9. The molecule has 2 heterocycles. The summed E-state index contributed by atoms with van der Waals surface area (Å²) in [5.41, 5.74) is 0.744. The molecule has 45 heavy (non-hydrogen) atoms. The first-order chi connectivity index (χ1) is 21.6. The maximum atomic E-state index is 15.9. The van der Waals surface area contributed by atoms with Crippen molar-refractivity contribution in [3.8, 4) is 0 Å². The van der Waals surface area contributed by atoms with Crippen LogP contribution in [0.3, 0.4) is 0 Å². The van der Waals surface area contributed by atoms with Crippen LogP contribution in [0.2, 0.25) is 0 Å². The Labute approximate surface area is 266 Å². The summed E-state index contributed by atoms with van der Waals surface area (Å²) in [5.74, 6) is -2.07. The SMILES string of the molecule is C=CCO[C@H]1O[C@@H]2COC(C)(C)O[C@H]2[C@H](O)[C@H]1NC(=O)[C@H](F)[C@H](CCCCCCCCCCC)OC(=O)OCc1ccccc1. The second-order valence-corrected chi connectivity index (χ2v) is 12.2. The maximum Gasteiger partial charge on any atom is 0.508 e. The van der Waals surface area contributed by atoms with Gasteiger partial charge in [0.25, 0.3) is 5.91 Å². The Hall–Kier alpha value is -2.57. The summed E-state index contributed by atoms with van der Waals surface area (Å²) in [6.07, 6.45) is 2.41. The molecule has 254 valence electrons. The molecule has 0 aliphatic carbocycles. The van der Waals surface area contributed by atoms with Gasteiger partial charge in [-0.15, -0.1) is 6.58 Å². The predicted molar refractivity (Wildman–Crippen MR) is 166 cm³/mol. The van der Waals surface area contributed by atoms with Crippen molar-refractivity contribution >= 4 is 12.1 Å². The summed E-state index contributed by atoms with van der Waals surface area (Å²) in [5, 5.41) is 13.8. The molecule has 2 aliphatic rings. The zero-order valence-electron chi connectivity index (χ0n) is 27.0. The number of benzene rings is 1. The first kappa shape index (κ1) is 36.9. The number of nitrogens with one attached hydrogen (secondary N) is 1. The highest BCUT2D eigenvalue weighted by Gasteiger charge is 2.52. The minimum absolute atomic E-state index is 0.0515. The zero-order chi connectivity index (χ0) is 32.7. The Morgan fingerprint density at radius 2 is 1.78 bits per heavy atom. The smallest absolute Gasteiger partial charge is 0.429 e. The van der Waals surface area contributed by atoms with E-state index in [1.165, 1.54) is 31.8 Å². The monoisotopic (exact) mass is 637 g/mol. The summed E-state index contributed by atoms with van der Waals surface area (Å²) < 4.78 is 49.6. The molecule has 0 saturated carbocycles. The molecule has 1 aromatic rings. The normalized spacial score (nSPS) is 25.4. The van der Waals surface area contributed by atoms with Gasteiger partial charge in [0.1, 0.15) is 37.1 Å². The number of carbonyl (C=O) groups is 2. The predicted octanol–water partition coefficient (Wildman–Crippen LogP) is 5.89. The fourth-order valence-electron chi connectivity index (χ4n) is 5.51. The van der Waals surface area contributed by atoms with Gasteiger partial charge in [-0.25, -0.2) is 9.18 Å². The number of amides is 1. The topological polar surface area (TPSA) is 122 Å². The molecule has 1 amide bonds. The lowest BCUT2D eigenvalue weighted by Gasteiger charge is -2.49. The quantitative estimate of drug-likeness (QED) is 0.109. The van der Waals surface area contributed by atoms with E-state index in [1.54, 1.807) is 26.0 Å². The molecule has 0 spiro atoms. The number of unbranched alkanes of at least 4 members (excludes halogenated alkanes) is 8. The molecular formula is C34H52FNO9. The van der Waals surface area contributed by atoms with Crippen molar-refractivity contribution in [1.29, 1.82) is 0 Å². The number of hydrogen-bond donors (Lipinski definition) is 2. The lowest BCUT2D eigenvalue weighted by molar-refractivity contribution is -0.368. The molecule has 2 fully saturated rings. The van der Waals surface area contributed by atoms with Crippen LogP contribution in [-0.4, -0.2) is 79.1 Å². The zero-order valence-corrected chi connectivity index (χ0v) is 27.0. The van der Waals surface area contributed by atoms with Crippen LogP contribution in [-0.2, 0) is 39.8 Å². The Bertz CT molecular complexity index is 1030. The lowest BCUT2D eigenvalue weighted by atomic mass is 9.95. The standard InChI is InChI=1S/C34H52FNO9/c1-5-7-8-9-10-11-12-13-17-20-25(44-33(39)41-22-24-18-15-14-16-19-24)27(35)31(38)36-28-29(37)30-26(23-42-34(3,4)45-30)43-32(28)40-21-6-2/h6,14-16,18-19,25-30,32,37H,2,5,7-13,17,20-23H2,1,3-4H3,(H,36,38)/t25-,26+,27+,28+,29+,30+,32-/m0/s1. The van der Waals surface area contributed by atoms with Gasteiger partial charge in [-0.3, -0.25) is 4.79 Å². The Morgan fingerprint density at radius 1 is 1.11 bits per heavy atom. The highest BCUT2D eigenvalue weighted by Crippen LogP contribution is 2.33. The average molecular weight is 638 g/mol. The number of fused-ring (bicyclic) bond motifs is 1. The molecule has 0 unspecified atom stereocenters. The van der Waals surface area contributed by atoms with Gasteiger partial charge >= 0.3 is 6.16 Å². The fraction of sp³-hybridized carbons (Fsp3) is 0.706. The highest BCUT2D eigenvalue weighted by atomic mass is 19.1. The molecule has 2 N–H and O–H groups in total. The average Bonchev–Trinajstić information content (AvgIpc) is 3.03. The van der Waals surface area contributed by atoms with Gasteiger partial charge in [-0.05, 0) is 32.3 Å². The van der Waals surface area contributed by atoms with E-state index in [0.29, 0.717) is 6.42 Å². The molecule has 2 aliphatic heterocycles. The molecular weight excluding hydrogens is 585 g/mol. The Kier molecular flexibility index (Phi) is 15.7. The first-order valence-corrected chi connectivity index (χ1v) is 16.3. The van der Waals surface area contributed by atoms with Crippen LogP contribution in [0.5, 0.6) is 0 Å². The Balaban J connectivity index is 1.63. The van der Waals surface area contributed by atoms with Gasteiger partial charge in [0, 0.05) is 0 Å². The molecule has 2 saturated heterocycles. The van der Waals surface area contributed by atoms with Crippen LogP contribution in [0.1, 0.15) is 90.5 Å². The highest BCUT2D eigenvalue weighted by molar-refractivity contribution is 5.82. The van der Waals surface area contributed by atoms with Crippen molar-refractivity contribution in [1.82, 2.24) is 5.32 Å². The largest absolute Gasteiger partial charge is 0.508 e. The summed E-state index contributed by atoms with van der Waals surface area (Å²) in [7, 11) is 0. The van der Waals surface area contributed by atoms with Gasteiger partial charge < -0.3 is 38.8 Å². The van der Waals surface area contributed by atoms with Crippen molar-refractivity contribution in [2.75, 3.05) is 13.2 Å². The van der Waals surface area contributed by atoms with Crippen molar-refractivity contribution in [3.63, 3.8) is 0 Å². The van der Waals surface area contributed by atoms with Crippen molar-refractivity contribution in [3.05, 3.63) is 48.6 Å². The van der Waals surface area contributed by atoms with Crippen LogP contribution in [0, 0.1) is 0 Å². The van der Waals surface area contributed by atoms with E-state index in [-0.39, 0.29) is 26.2 Å². The number of aliphatic hydroxyl groups excluding tert-OH is 1. The summed E-state index contributed by atoms with van der Waals surface area (Å²) in [6.45, 7) is 9.36. The molecule has 0 radical (unpaired) electrons. The molecule has 7 atom stereocenters. The van der Waals surface area contributed by atoms with E-state index in [2.05, 4.69) is 18.8 Å². The van der Waals surface area contributed by atoms with Gasteiger partial charge in [0.05, 0.1) is 13.2 Å². The number of aliphatic hydroxyl groups is 1. The third kappa shape index (κ3) is 12.3. The molecule has 0 bridgehead atoms. The number of carbonyl (C=O) groups excluding carboxylic acids is 2. The van der Waals surface area contributed by atoms with Crippen LogP contribution < -0.4 is 5.32 Å². The Morgan fingerprint density at radius 3 is 2.44 bits per heavy atom. The van der Waals surface area contributed by atoms with Crippen molar-refractivity contribution in [2.45, 2.75) is 140 Å². The fourth-order valence-corrected chi connectivity index (χ4v) is 5.51. The minimum Gasteiger partial charge on any atom is -0.429 e. The second-order valence-electron chi connectivity index (χ2n) is 12.2. The van der Waals surface area contributed by atoms with E-state index in [1.807, 2.05) is 18.2 Å². The van der Waals surface area contributed by atoms with E-state index >= 15 is 4.39 Å². The second kappa shape index (κ2) is 19.2. The van der Waals surface area contributed by atoms with Gasteiger partial charge in [-0.2, -0.15) is 0 Å². The third-order valence-corrected chi connectivity index (χ3v) is 7.99.